The highest BCUT2D eigenvalue weighted by Gasteiger charge is 2.16. The molecule has 0 aromatic heterocycles. The molecule has 5 aromatic carbocycles. The maximum Gasteiger partial charge on any atom is 0.272 e. The Balaban J connectivity index is 1.22. The van der Waals surface area contributed by atoms with Crippen LogP contribution in [0, 0.1) is 0 Å². The number of amides is 3. The molecule has 11 heteroatoms. The summed E-state index contributed by atoms with van der Waals surface area (Å²) in [5.41, 5.74) is 3.14. The normalized spacial score (nSPS) is 10.9. The molecule has 0 aliphatic heterocycles. The summed E-state index contributed by atoms with van der Waals surface area (Å²) in [4.78, 5) is 40.0. The number of benzene rings is 5. The Morgan fingerprint density at radius 1 is 0.760 bits per heavy atom. The molecule has 3 amide bonds. The van der Waals surface area contributed by atoms with Crippen molar-refractivity contribution in [3.63, 3.8) is 0 Å². The number of thioether (sulfide) groups is 1. The summed E-state index contributed by atoms with van der Waals surface area (Å²) in [6.45, 7) is 0.426. The molecule has 0 fully saturated rings. The number of ether oxygens (including phenoxy) is 3. The van der Waals surface area contributed by atoms with E-state index in [9.17, 15) is 14.4 Å². The quantitative estimate of drug-likeness (QED) is 0.0790. The van der Waals surface area contributed by atoms with E-state index in [4.69, 9.17) is 25.8 Å². The molecular weight excluding hydrogens is 674 g/mol. The number of nitrogens with one attached hydrogen (secondary N) is 3. The first kappa shape index (κ1) is 35.6. The van der Waals surface area contributed by atoms with E-state index < -0.39 is 11.8 Å². The van der Waals surface area contributed by atoms with Gasteiger partial charge < -0.3 is 30.2 Å². The average Bonchev–Trinajstić information content (AvgIpc) is 3.15. The SMILES string of the molecule is COc1cc(OC)c(NC(=O)CSc2ccc(NC(=O)/C(=C/c3ccc(OCc4ccccc4)cc3)NC(=O)c3ccccc3)cc2)cc1Cl. The summed E-state index contributed by atoms with van der Waals surface area (Å²) < 4.78 is 16.4. The molecule has 0 atom stereocenters. The summed E-state index contributed by atoms with van der Waals surface area (Å²) in [6, 6.07) is 35.9. The lowest BCUT2D eigenvalue weighted by atomic mass is 10.1. The monoisotopic (exact) mass is 707 g/mol. The predicted octanol–water partition coefficient (Wildman–Crippen LogP) is 8.08. The van der Waals surface area contributed by atoms with Gasteiger partial charge in [0.2, 0.25) is 5.91 Å². The standard InChI is InChI=1S/C39H34ClN3O6S/c1-47-35-23-36(48-2)33(22-32(35)40)42-37(44)25-50-31-19-15-29(16-20-31)41-39(46)34(43-38(45)28-11-7-4-8-12-28)21-26-13-17-30(18-14-26)49-24-27-9-5-3-6-10-27/h3-23H,24-25H2,1-2H3,(H,41,46)(H,42,44)(H,43,45)/b34-21-. The highest BCUT2D eigenvalue weighted by Crippen LogP contribution is 2.36. The van der Waals surface area contributed by atoms with Crippen LogP contribution in [0.4, 0.5) is 11.4 Å². The van der Waals surface area contributed by atoms with Crippen LogP contribution in [0.25, 0.3) is 6.08 Å². The van der Waals surface area contributed by atoms with Crippen molar-refractivity contribution in [3.8, 4) is 17.2 Å². The summed E-state index contributed by atoms with van der Waals surface area (Å²) in [6.07, 6.45) is 1.60. The van der Waals surface area contributed by atoms with Crippen LogP contribution >= 0.6 is 23.4 Å². The van der Waals surface area contributed by atoms with Crippen molar-refractivity contribution in [1.29, 1.82) is 0 Å². The number of rotatable bonds is 14. The van der Waals surface area contributed by atoms with E-state index in [0.717, 1.165) is 10.5 Å². The van der Waals surface area contributed by atoms with Crippen LogP contribution in [0.15, 0.2) is 132 Å². The van der Waals surface area contributed by atoms with E-state index >= 15 is 0 Å². The minimum Gasteiger partial charge on any atom is -0.495 e. The van der Waals surface area contributed by atoms with Crippen LogP contribution in [0.5, 0.6) is 17.2 Å². The molecule has 0 unspecified atom stereocenters. The molecular formula is C39H34ClN3O6S. The van der Waals surface area contributed by atoms with E-state index in [-0.39, 0.29) is 17.4 Å². The first-order valence-electron chi connectivity index (χ1n) is 15.4. The van der Waals surface area contributed by atoms with Crippen LogP contribution in [0.1, 0.15) is 21.5 Å². The Kier molecular flexibility index (Phi) is 12.5. The van der Waals surface area contributed by atoms with Gasteiger partial charge in [-0.1, -0.05) is 72.3 Å². The maximum absolute atomic E-state index is 13.5. The lowest BCUT2D eigenvalue weighted by molar-refractivity contribution is -0.114. The summed E-state index contributed by atoms with van der Waals surface area (Å²) in [7, 11) is 2.99. The predicted molar refractivity (Wildman–Crippen MR) is 198 cm³/mol. The van der Waals surface area contributed by atoms with Gasteiger partial charge >= 0.3 is 0 Å². The Labute approximate surface area is 299 Å². The number of carbonyl (C=O) groups is 3. The molecule has 9 nitrogen and oxygen atoms in total. The molecule has 0 saturated heterocycles. The topological polar surface area (TPSA) is 115 Å². The van der Waals surface area contributed by atoms with Crippen LogP contribution in [0.2, 0.25) is 5.02 Å². The molecule has 0 heterocycles. The molecule has 0 aliphatic rings. The Hall–Kier alpha value is -5.71. The van der Waals surface area contributed by atoms with Gasteiger partial charge in [0.05, 0.1) is 30.7 Å². The zero-order chi connectivity index (χ0) is 35.3. The van der Waals surface area contributed by atoms with Crippen molar-refractivity contribution in [2.24, 2.45) is 0 Å². The van der Waals surface area contributed by atoms with Gasteiger partial charge in [0.25, 0.3) is 11.8 Å². The second kappa shape index (κ2) is 17.6. The van der Waals surface area contributed by atoms with Crippen LogP contribution in [-0.2, 0) is 16.2 Å². The fourth-order valence-corrected chi connectivity index (χ4v) is 5.58. The third-order valence-corrected chi connectivity index (χ3v) is 8.51. The summed E-state index contributed by atoms with van der Waals surface area (Å²) in [5.74, 6) is 0.454. The zero-order valence-corrected chi connectivity index (χ0v) is 28.8. The number of carbonyl (C=O) groups excluding carboxylic acids is 3. The fraction of sp³-hybridized carbons (Fsp3) is 0.103. The molecule has 3 N–H and O–H groups in total. The van der Waals surface area contributed by atoms with E-state index in [2.05, 4.69) is 16.0 Å². The highest BCUT2D eigenvalue weighted by molar-refractivity contribution is 8.00. The minimum absolute atomic E-state index is 0.0565. The first-order chi connectivity index (χ1) is 24.3. The van der Waals surface area contributed by atoms with Gasteiger partial charge in [-0.2, -0.15) is 0 Å². The van der Waals surface area contributed by atoms with Crippen molar-refractivity contribution in [2.75, 3.05) is 30.6 Å². The van der Waals surface area contributed by atoms with Crippen LogP contribution in [0.3, 0.4) is 0 Å². The second-order valence-electron chi connectivity index (χ2n) is 10.7. The average molecular weight is 708 g/mol. The Morgan fingerprint density at radius 3 is 2.08 bits per heavy atom. The smallest absolute Gasteiger partial charge is 0.272 e. The van der Waals surface area contributed by atoms with E-state index in [1.165, 1.54) is 26.0 Å². The third-order valence-electron chi connectivity index (χ3n) is 7.20. The van der Waals surface area contributed by atoms with Crippen molar-refractivity contribution in [1.82, 2.24) is 5.32 Å². The van der Waals surface area contributed by atoms with Gasteiger partial charge in [0.1, 0.15) is 29.6 Å². The molecule has 0 saturated carbocycles. The van der Waals surface area contributed by atoms with Crippen molar-refractivity contribution < 1.29 is 28.6 Å². The first-order valence-corrected chi connectivity index (χ1v) is 16.8. The molecule has 0 bridgehead atoms. The van der Waals surface area contributed by atoms with Gasteiger partial charge in [-0.15, -0.1) is 11.8 Å². The van der Waals surface area contributed by atoms with Crippen molar-refractivity contribution >= 4 is 58.5 Å². The van der Waals surface area contributed by atoms with Crippen LogP contribution in [-0.4, -0.2) is 37.7 Å². The summed E-state index contributed by atoms with van der Waals surface area (Å²) in [5, 5.41) is 8.75. The molecule has 5 aromatic rings. The van der Waals surface area contributed by atoms with E-state index in [1.54, 1.807) is 66.7 Å². The largest absolute Gasteiger partial charge is 0.495 e. The number of anilines is 2. The van der Waals surface area contributed by atoms with Gasteiger partial charge in [-0.3, -0.25) is 14.4 Å². The zero-order valence-electron chi connectivity index (χ0n) is 27.3. The van der Waals surface area contributed by atoms with Crippen LogP contribution < -0.4 is 30.2 Å². The fourth-order valence-electron chi connectivity index (χ4n) is 4.64. The molecule has 0 spiro atoms. The lowest BCUT2D eigenvalue weighted by Crippen LogP contribution is -2.30. The van der Waals surface area contributed by atoms with Gasteiger partial charge in [-0.25, -0.2) is 0 Å². The van der Waals surface area contributed by atoms with Gasteiger partial charge in [0.15, 0.2) is 0 Å². The molecule has 50 heavy (non-hydrogen) atoms. The maximum atomic E-state index is 13.5. The van der Waals surface area contributed by atoms with Gasteiger partial charge in [-0.05, 0) is 71.8 Å². The minimum atomic E-state index is -0.509. The molecule has 5 rings (SSSR count). The Morgan fingerprint density at radius 2 is 1.42 bits per heavy atom. The molecule has 0 radical (unpaired) electrons. The number of methoxy groups -OCH3 is 2. The second-order valence-corrected chi connectivity index (χ2v) is 12.2. The summed E-state index contributed by atoms with van der Waals surface area (Å²) >= 11 is 7.53. The number of hydrogen-bond acceptors (Lipinski definition) is 7. The third kappa shape index (κ3) is 10.1. The van der Waals surface area contributed by atoms with Gasteiger partial charge in [0, 0.05) is 22.2 Å². The number of hydrogen-bond donors (Lipinski definition) is 3. The van der Waals surface area contributed by atoms with E-state index in [0.29, 0.717) is 51.4 Å². The lowest BCUT2D eigenvalue weighted by Gasteiger charge is -2.13. The highest BCUT2D eigenvalue weighted by atomic mass is 35.5. The number of halogens is 1. The van der Waals surface area contributed by atoms with Crippen molar-refractivity contribution in [3.05, 3.63) is 149 Å². The van der Waals surface area contributed by atoms with E-state index in [1.807, 2.05) is 60.7 Å². The molecule has 254 valence electrons. The Bertz CT molecular complexity index is 1950. The molecule has 0 aliphatic carbocycles. The van der Waals surface area contributed by atoms with Crippen molar-refractivity contribution in [2.45, 2.75) is 11.5 Å².